The number of ether oxygens (including phenoxy) is 1. The van der Waals surface area contributed by atoms with E-state index in [2.05, 4.69) is 5.10 Å². The Hall–Kier alpha value is -0.900. The quantitative estimate of drug-likeness (QED) is 0.702. The van der Waals surface area contributed by atoms with Crippen LogP contribution in [0.5, 0.6) is 0 Å². The van der Waals surface area contributed by atoms with Gasteiger partial charge in [0, 0.05) is 24.7 Å². The Morgan fingerprint density at radius 1 is 1.41 bits per heavy atom. The summed E-state index contributed by atoms with van der Waals surface area (Å²) < 4.78 is 5.78. The fraction of sp³-hybridized carbons (Fsp3) is 0.846. The van der Waals surface area contributed by atoms with E-state index in [1.807, 2.05) is 27.0 Å². The molecule has 2 unspecified atom stereocenters. The van der Waals surface area contributed by atoms with Crippen LogP contribution >= 0.6 is 0 Å². The minimum absolute atomic E-state index is 0.0884. The van der Waals surface area contributed by atoms with Crippen LogP contribution in [0, 0.1) is 5.41 Å². The van der Waals surface area contributed by atoms with Crippen LogP contribution in [0.3, 0.4) is 0 Å². The smallest absolute Gasteiger partial charge is 0.248 e. The maximum absolute atomic E-state index is 12.3. The summed E-state index contributed by atoms with van der Waals surface area (Å²) in [5, 5.41) is 5.89. The van der Waals surface area contributed by atoms with Crippen molar-refractivity contribution in [1.82, 2.24) is 5.01 Å². The summed E-state index contributed by atoms with van der Waals surface area (Å²) in [7, 11) is 0. The van der Waals surface area contributed by atoms with Gasteiger partial charge in [-0.25, -0.2) is 5.01 Å². The average molecular weight is 238 g/mol. The molecular weight excluding hydrogens is 216 g/mol. The maximum Gasteiger partial charge on any atom is 0.248 e. The van der Waals surface area contributed by atoms with Crippen molar-refractivity contribution in [2.45, 2.75) is 58.6 Å². The normalized spacial score (nSPS) is 29.7. The van der Waals surface area contributed by atoms with Gasteiger partial charge in [-0.1, -0.05) is 20.8 Å². The zero-order valence-corrected chi connectivity index (χ0v) is 11.0. The van der Waals surface area contributed by atoms with Gasteiger partial charge in [0.25, 0.3) is 0 Å². The summed E-state index contributed by atoms with van der Waals surface area (Å²) in [6.45, 7) is 6.62. The number of rotatable bonds is 1. The minimum atomic E-state index is -0.380. The van der Waals surface area contributed by atoms with Gasteiger partial charge in [0.2, 0.25) is 5.91 Å². The van der Waals surface area contributed by atoms with Gasteiger partial charge in [0.05, 0.1) is 12.1 Å². The van der Waals surface area contributed by atoms with Crippen molar-refractivity contribution in [2.75, 3.05) is 6.61 Å². The lowest BCUT2D eigenvalue weighted by Crippen LogP contribution is -2.47. The van der Waals surface area contributed by atoms with Crippen molar-refractivity contribution in [2.24, 2.45) is 10.5 Å². The maximum atomic E-state index is 12.3. The Balaban J connectivity index is 2.06. The van der Waals surface area contributed by atoms with Crippen LogP contribution < -0.4 is 0 Å². The van der Waals surface area contributed by atoms with E-state index in [1.165, 1.54) is 6.42 Å². The standard InChI is InChI=1S/C13H22N2O2/c1-13(2,3)12(16)15-10(7-8-14-15)11-6-4-5-9-17-11/h8,10-11H,4-7,9H2,1-3H3. The van der Waals surface area contributed by atoms with E-state index in [0.717, 1.165) is 25.9 Å². The van der Waals surface area contributed by atoms with Crippen LogP contribution in [-0.4, -0.2) is 35.9 Å². The summed E-state index contributed by atoms with van der Waals surface area (Å²) in [5.41, 5.74) is -0.380. The molecule has 17 heavy (non-hydrogen) atoms. The molecule has 2 aliphatic rings. The number of hydrogen-bond acceptors (Lipinski definition) is 3. The lowest BCUT2D eigenvalue weighted by atomic mass is 9.93. The van der Waals surface area contributed by atoms with Crippen LogP contribution in [0.15, 0.2) is 5.10 Å². The summed E-state index contributed by atoms with van der Waals surface area (Å²) in [6.07, 6.45) is 6.20. The monoisotopic (exact) mass is 238 g/mol. The number of amides is 1. The molecule has 2 rings (SSSR count). The molecule has 1 saturated heterocycles. The molecule has 4 nitrogen and oxygen atoms in total. The molecule has 1 fully saturated rings. The van der Waals surface area contributed by atoms with E-state index in [9.17, 15) is 4.79 Å². The van der Waals surface area contributed by atoms with Gasteiger partial charge >= 0.3 is 0 Å². The first-order chi connectivity index (χ1) is 8.00. The zero-order valence-electron chi connectivity index (χ0n) is 11.0. The molecule has 96 valence electrons. The number of hydrazone groups is 1. The molecule has 2 heterocycles. The SMILES string of the molecule is CC(C)(C)C(=O)N1N=CCC1C1CCCCO1. The number of nitrogens with zero attached hydrogens (tertiary/aromatic N) is 2. The highest BCUT2D eigenvalue weighted by Crippen LogP contribution is 2.28. The summed E-state index contributed by atoms with van der Waals surface area (Å²) in [5.74, 6) is 0.0884. The van der Waals surface area contributed by atoms with Crippen molar-refractivity contribution in [1.29, 1.82) is 0 Å². The predicted octanol–water partition coefficient (Wildman–Crippen LogP) is 2.19. The van der Waals surface area contributed by atoms with E-state index in [1.54, 1.807) is 5.01 Å². The van der Waals surface area contributed by atoms with Crippen LogP contribution in [0.4, 0.5) is 0 Å². The third kappa shape index (κ3) is 2.68. The molecule has 0 aromatic carbocycles. The molecule has 0 saturated carbocycles. The van der Waals surface area contributed by atoms with Crippen molar-refractivity contribution in [3.63, 3.8) is 0 Å². The lowest BCUT2D eigenvalue weighted by Gasteiger charge is -2.34. The Labute approximate surface area is 103 Å². The van der Waals surface area contributed by atoms with E-state index in [4.69, 9.17) is 4.74 Å². The second-order valence-corrected chi connectivity index (χ2v) is 5.91. The molecule has 0 aromatic rings. The first-order valence-corrected chi connectivity index (χ1v) is 6.48. The topological polar surface area (TPSA) is 41.9 Å². The van der Waals surface area contributed by atoms with Gasteiger partial charge in [-0.2, -0.15) is 5.10 Å². The highest BCUT2D eigenvalue weighted by molar-refractivity contribution is 5.84. The van der Waals surface area contributed by atoms with Crippen LogP contribution in [0.2, 0.25) is 0 Å². The Kier molecular flexibility index (Phi) is 3.52. The van der Waals surface area contributed by atoms with Gasteiger partial charge in [-0.15, -0.1) is 0 Å². The Morgan fingerprint density at radius 3 is 2.76 bits per heavy atom. The molecule has 0 spiro atoms. The molecule has 0 aromatic heterocycles. The van der Waals surface area contributed by atoms with Gasteiger partial charge in [0.15, 0.2) is 0 Å². The summed E-state index contributed by atoms with van der Waals surface area (Å²) in [6, 6.07) is 0.113. The predicted molar refractivity (Wildman–Crippen MR) is 66.8 cm³/mol. The van der Waals surface area contributed by atoms with Crippen molar-refractivity contribution < 1.29 is 9.53 Å². The highest BCUT2D eigenvalue weighted by atomic mass is 16.5. The zero-order chi connectivity index (χ0) is 12.5. The average Bonchev–Trinajstić information content (AvgIpc) is 2.76. The third-order valence-electron chi connectivity index (χ3n) is 3.36. The van der Waals surface area contributed by atoms with E-state index in [0.29, 0.717) is 0 Å². The second kappa shape index (κ2) is 4.77. The molecule has 0 bridgehead atoms. The van der Waals surface area contributed by atoms with Crippen molar-refractivity contribution in [3.8, 4) is 0 Å². The number of carbonyl (C=O) groups is 1. The Bertz CT molecular complexity index is 314. The molecular formula is C13H22N2O2. The fourth-order valence-corrected chi connectivity index (χ4v) is 2.35. The first-order valence-electron chi connectivity index (χ1n) is 6.48. The van der Waals surface area contributed by atoms with Gasteiger partial charge in [0.1, 0.15) is 0 Å². The number of carbonyl (C=O) groups excluding carboxylic acids is 1. The van der Waals surface area contributed by atoms with Crippen molar-refractivity contribution >= 4 is 12.1 Å². The van der Waals surface area contributed by atoms with Crippen LogP contribution in [0.25, 0.3) is 0 Å². The lowest BCUT2D eigenvalue weighted by molar-refractivity contribution is -0.145. The van der Waals surface area contributed by atoms with E-state index in [-0.39, 0.29) is 23.5 Å². The van der Waals surface area contributed by atoms with E-state index < -0.39 is 0 Å². The molecule has 2 aliphatic heterocycles. The molecule has 0 aliphatic carbocycles. The number of hydrogen-bond donors (Lipinski definition) is 0. The van der Waals surface area contributed by atoms with Crippen LogP contribution in [-0.2, 0) is 9.53 Å². The minimum Gasteiger partial charge on any atom is -0.376 e. The van der Waals surface area contributed by atoms with Crippen molar-refractivity contribution in [3.05, 3.63) is 0 Å². The molecule has 4 heteroatoms. The van der Waals surface area contributed by atoms with Gasteiger partial charge < -0.3 is 4.74 Å². The Morgan fingerprint density at radius 2 is 2.18 bits per heavy atom. The fourth-order valence-electron chi connectivity index (χ4n) is 2.35. The summed E-state index contributed by atoms with van der Waals surface area (Å²) >= 11 is 0. The van der Waals surface area contributed by atoms with Gasteiger partial charge in [-0.05, 0) is 19.3 Å². The van der Waals surface area contributed by atoms with Crippen LogP contribution in [0.1, 0.15) is 46.5 Å². The first kappa shape index (κ1) is 12.6. The second-order valence-electron chi connectivity index (χ2n) is 5.91. The third-order valence-corrected chi connectivity index (χ3v) is 3.36. The molecule has 0 N–H and O–H groups in total. The van der Waals surface area contributed by atoms with Gasteiger partial charge in [-0.3, -0.25) is 4.79 Å². The van der Waals surface area contributed by atoms with E-state index >= 15 is 0 Å². The summed E-state index contributed by atoms with van der Waals surface area (Å²) in [4.78, 5) is 12.3. The molecule has 0 radical (unpaired) electrons. The highest BCUT2D eigenvalue weighted by Gasteiger charge is 2.38. The molecule has 1 amide bonds. The largest absolute Gasteiger partial charge is 0.376 e. The molecule has 2 atom stereocenters.